The van der Waals surface area contributed by atoms with Crippen LogP contribution >= 0.6 is 0 Å². The fourth-order valence-electron chi connectivity index (χ4n) is 5.20. The number of ether oxygens (including phenoxy) is 2. The van der Waals surface area contributed by atoms with Gasteiger partial charge in [0.25, 0.3) is 0 Å². The predicted octanol–water partition coefficient (Wildman–Crippen LogP) is 3.50. The molecule has 1 aliphatic heterocycles. The molecule has 1 fully saturated rings. The van der Waals surface area contributed by atoms with Gasteiger partial charge in [-0.2, -0.15) is 0 Å². The number of fused-ring (bicyclic) bond motifs is 3. The zero-order valence-corrected chi connectivity index (χ0v) is 20.3. The molecule has 1 saturated heterocycles. The highest BCUT2D eigenvalue weighted by molar-refractivity contribution is 5.82. The molecule has 2 amide bonds. The Kier molecular flexibility index (Phi) is 7.40. The molecule has 8 heteroatoms. The molecule has 1 aliphatic carbocycles. The van der Waals surface area contributed by atoms with Crippen molar-refractivity contribution < 1.29 is 29.0 Å². The summed E-state index contributed by atoms with van der Waals surface area (Å²) in [4.78, 5) is 38.8. The summed E-state index contributed by atoms with van der Waals surface area (Å²) in [6, 6.07) is 15.8. The molecule has 4 rings (SSSR count). The SMILES string of the molecule is CC(C)C(C(=O)N1CCOC(C(=O)O)C1)C(C)NC(=O)OCC1c2ccccc2-c2ccccc21. The molecule has 186 valence electrons. The van der Waals surface area contributed by atoms with Gasteiger partial charge in [-0.3, -0.25) is 4.79 Å². The maximum Gasteiger partial charge on any atom is 0.407 e. The zero-order chi connectivity index (χ0) is 25.1. The Morgan fingerprint density at radius 2 is 1.66 bits per heavy atom. The van der Waals surface area contributed by atoms with Crippen molar-refractivity contribution in [2.75, 3.05) is 26.3 Å². The number of nitrogens with zero attached hydrogens (tertiary/aromatic N) is 1. The fourth-order valence-corrected chi connectivity index (χ4v) is 5.20. The monoisotopic (exact) mass is 480 g/mol. The Balaban J connectivity index is 1.39. The van der Waals surface area contributed by atoms with Crippen molar-refractivity contribution in [2.45, 2.75) is 38.8 Å². The average molecular weight is 481 g/mol. The number of carboxylic acid groups (broad SMARTS) is 1. The van der Waals surface area contributed by atoms with Crippen LogP contribution in [0.25, 0.3) is 11.1 Å². The molecular formula is C27H32N2O6. The van der Waals surface area contributed by atoms with E-state index >= 15 is 0 Å². The number of aliphatic carboxylic acids is 1. The van der Waals surface area contributed by atoms with E-state index < -0.39 is 30.1 Å². The summed E-state index contributed by atoms with van der Waals surface area (Å²) in [5, 5.41) is 12.1. The van der Waals surface area contributed by atoms with Crippen LogP contribution in [0.1, 0.15) is 37.8 Å². The van der Waals surface area contributed by atoms with Crippen LogP contribution in [0.15, 0.2) is 48.5 Å². The van der Waals surface area contributed by atoms with Crippen LogP contribution in [0.5, 0.6) is 0 Å². The molecule has 2 N–H and O–H groups in total. The third kappa shape index (κ3) is 5.17. The minimum Gasteiger partial charge on any atom is -0.479 e. The van der Waals surface area contributed by atoms with Crippen LogP contribution in [0.4, 0.5) is 4.79 Å². The highest BCUT2D eigenvalue weighted by atomic mass is 16.5. The Bertz CT molecular complexity index is 1060. The minimum absolute atomic E-state index is 0.00491. The smallest absolute Gasteiger partial charge is 0.407 e. The van der Waals surface area contributed by atoms with Gasteiger partial charge in [-0.25, -0.2) is 9.59 Å². The van der Waals surface area contributed by atoms with Crippen LogP contribution in [0.2, 0.25) is 0 Å². The van der Waals surface area contributed by atoms with E-state index in [1.54, 1.807) is 6.92 Å². The zero-order valence-electron chi connectivity index (χ0n) is 20.3. The van der Waals surface area contributed by atoms with Crippen LogP contribution in [-0.2, 0) is 19.1 Å². The van der Waals surface area contributed by atoms with Gasteiger partial charge in [-0.1, -0.05) is 62.4 Å². The Hall–Kier alpha value is -3.39. The summed E-state index contributed by atoms with van der Waals surface area (Å²) < 4.78 is 10.9. The van der Waals surface area contributed by atoms with E-state index in [4.69, 9.17) is 9.47 Å². The molecular weight excluding hydrogens is 448 g/mol. The van der Waals surface area contributed by atoms with Gasteiger partial charge in [-0.05, 0) is 35.1 Å². The molecule has 8 nitrogen and oxygen atoms in total. The second-order valence-electron chi connectivity index (χ2n) is 9.51. The number of carbonyl (C=O) groups is 3. The number of carbonyl (C=O) groups excluding carboxylic acids is 2. The van der Waals surface area contributed by atoms with E-state index in [1.807, 2.05) is 38.1 Å². The highest BCUT2D eigenvalue weighted by Gasteiger charge is 2.37. The molecule has 0 spiro atoms. The molecule has 2 aliphatic rings. The molecule has 0 radical (unpaired) electrons. The van der Waals surface area contributed by atoms with Gasteiger partial charge in [0.15, 0.2) is 6.10 Å². The average Bonchev–Trinajstić information content (AvgIpc) is 3.16. The standard InChI is InChI=1S/C27H32N2O6/c1-16(2)24(25(30)29-12-13-34-23(14-29)26(31)32)17(3)28-27(33)35-15-22-20-10-6-4-8-18(20)19-9-5-7-11-21(19)22/h4-11,16-17,22-24H,12-15H2,1-3H3,(H,28,33)(H,31,32). The summed E-state index contributed by atoms with van der Waals surface area (Å²) in [5.41, 5.74) is 4.57. The molecule has 1 heterocycles. The summed E-state index contributed by atoms with van der Waals surface area (Å²) in [5.74, 6) is -1.93. The first kappa shape index (κ1) is 24.7. The van der Waals surface area contributed by atoms with E-state index in [0.29, 0.717) is 6.54 Å². The Morgan fingerprint density at radius 1 is 1.06 bits per heavy atom. The second kappa shape index (κ2) is 10.5. The second-order valence-corrected chi connectivity index (χ2v) is 9.51. The van der Waals surface area contributed by atoms with Crippen molar-refractivity contribution in [1.29, 1.82) is 0 Å². The molecule has 0 aromatic heterocycles. The van der Waals surface area contributed by atoms with Crippen LogP contribution in [0.3, 0.4) is 0 Å². The van der Waals surface area contributed by atoms with E-state index in [2.05, 4.69) is 29.6 Å². The van der Waals surface area contributed by atoms with E-state index in [-0.39, 0.29) is 37.5 Å². The molecule has 0 bridgehead atoms. The van der Waals surface area contributed by atoms with Gasteiger partial charge >= 0.3 is 12.1 Å². The van der Waals surface area contributed by atoms with Crippen molar-refractivity contribution in [1.82, 2.24) is 10.2 Å². The molecule has 2 aromatic rings. The van der Waals surface area contributed by atoms with Crippen molar-refractivity contribution >= 4 is 18.0 Å². The largest absolute Gasteiger partial charge is 0.479 e. The fraction of sp³-hybridized carbons (Fsp3) is 0.444. The number of alkyl carbamates (subject to hydrolysis) is 1. The summed E-state index contributed by atoms with van der Waals surface area (Å²) >= 11 is 0. The Labute approximate surface area is 205 Å². The van der Waals surface area contributed by atoms with Crippen molar-refractivity contribution in [2.24, 2.45) is 11.8 Å². The number of rotatable bonds is 7. The van der Waals surface area contributed by atoms with Gasteiger partial charge in [0.05, 0.1) is 19.1 Å². The molecule has 0 saturated carbocycles. The van der Waals surface area contributed by atoms with E-state index in [1.165, 1.54) is 4.90 Å². The van der Waals surface area contributed by atoms with Crippen LogP contribution in [0, 0.1) is 11.8 Å². The lowest BCUT2D eigenvalue weighted by atomic mass is 9.87. The van der Waals surface area contributed by atoms with Gasteiger partial charge in [0.2, 0.25) is 5.91 Å². The summed E-state index contributed by atoms with van der Waals surface area (Å²) in [6.45, 7) is 6.27. The molecule has 35 heavy (non-hydrogen) atoms. The molecule has 3 unspecified atom stereocenters. The van der Waals surface area contributed by atoms with Gasteiger partial charge in [0.1, 0.15) is 6.61 Å². The van der Waals surface area contributed by atoms with Gasteiger partial charge < -0.3 is 24.8 Å². The van der Waals surface area contributed by atoms with Crippen molar-refractivity contribution in [3.05, 3.63) is 59.7 Å². The van der Waals surface area contributed by atoms with Crippen LogP contribution in [-0.4, -0.2) is 66.4 Å². The van der Waals surface area contributed by atoms with Gasteiger partial charge in [0, 0.05) is 18.5 Å². The lowest BCUT2D eigenvalue weighted by Gasteiger charge is -2.36. The minimum atomic E-state index is -1.09. The number of amides is 2. The van der Waals surface area contributed by atoms with Gasteiger partial charge in [-0.15, -0.1) is 0 Å². The molecule has 2 aromatic carbocycles. The number of hydrogen-bond donors (Lipinski definition) is 2. The quantitative estimate of drug-likeness (QED) is 0.629. The van der Waals surface area contributed by atoms with Crippen LogP contribution < -0.4 is 5.32 Å². The number of hydrogen-bond acceptors (Lipinski definition) is 5. The lowest BCUT2D eigenvalue weighted by Crippen LogP contribution is -2.54. The maximum absolute atomic E-state index is 13.3. The summed E-state index contributed by atoms with van der Waals surface area (Å²) in [6.07, 6.45) is -1.62. The van der Waals surface area contributed by atoms with E-state index in [0.717, 1.165) is 22.3 Å². The first-order valence-electron chi connectivity index (χ1n) is 12.0. The number of morpholine rings is 1. The van der Waals surface area contributed by atoms with Crippen molar-refractivity contribution in [3.63, 3.8) is 0 Å². The third-order valence-electron chi connectivity index (χ3n) is 6.88. The lowest BCUT2D eigenvalue weighted by molar-refractivity contribution is -0.161. The number of carboxylic acids is 1. The van der Waals surface area contributed by atoms with E-state index in [9.17, 15) is 19.5 Å². The topological polar surface area (TPSA) is 105 Å². The third-order valence-corrected chi connectivity index (χ3v) is 6.88. The highest BCUT2D eigenvalue weighted by Crippen LogP contribution is 2.44. The Morgan fingerprint density at radius 3 is 2.23 bits per heavy atom. The number of benzene rings is 2. The first-order valence-corrected chi connectivity index (χ1v) is 12.0. The molecule has 3 atom stereocenters. The number of nitrogens with one attached hydrogen (secondary N) is 1. The maximum atomic E-state index is 13.3. The summed E-state index contributed by atoms with van der Waals surface area (Å²) in [7, 11) is 0. The first-order chi connectivity index (χ1) is 16.8. The van der Waals surface area contributed by atoms with Crippen molar-refractivity contribution in [3.8, 4) is 11.1 Å². The normalized spacial score (nSPS) is 19.0. The predicted molar refractivity (Wildman–Crippen MR) is 130 cm³/mol.